The van der Waals surface area contributed by atoms with Crippen LogP contribution >= 0.6 is 0 Å². The van der Waals surface area contributed by atoms with Gasteiger partial charge in [0.25, 0.3) is 0 Å². The zero-order chi connectivity index (χ0) is 57.2. The zero-order valence-electron chi connectivity index (χ0n) is 43.1. The van der Waals surface area contributed by atoms with Crippen LogP contribution in [0, 0.1) is 22.7 Å². The number of nitrogens with two attached hydrogens (primary N) is 5. The smallest absolute Gasteiger partial charge is 0.243 e. The molecular formula is C48H76N16O12. The summed E-state index contributed by atoms with van der Waals surface area (Å²) < 4.78 is 0. The second-order valence-electron chi connectivity index (χ2n) is 18.8. The number of aromatic hydroxyl groups is 2. The van der Waals surface area contributed by atoms with E-state index in [0.29, 0.717) is 11.1 Å². The van der Waals surface area contributed by atoms with Gasteiger partial charge in [-0.1, -0.05) is 52.0 Å². The van der Waals surface area contributed by atoms with Crippen LogP contribution in [-0.2, 0) is 56.0 Å². The molecule has 0 radical (unpaired) electrons. The molecule has 0 spiro atoms. The van der Waals surface area contributed by atoms with Gasteiger partial charge in [0.2, 0.25) is 53.2 Å². The van der Waals surface area contributed by atoms with Crippen LogP contribution in [0.2, 0.25) is 0 Å². The quantitative estimate of drug-likeness (QED) is 0.0181. The van der Waals surface area contributed by atoms with Crippen molar-refractivity contribution in [2.45, 2.75) is 127 Å². The molecule has 0 bridgehead atoms. The van der Waals surface area contributed by atoms with Gasteiger partial charge in [-0.2, -0.15) is 0 Å². The molecule has 0 heterocycles. The molecule has 0 fully saturated rings. The molecule has 0 unspecified atom stereocenters. The van der Waals surface area contributed by atoms with Crippen LogP contribution in [0.15, 0.2) is 48.5 Å². The Labute approximate surface area is 439 Å². The number of aliphatic hydroxyl groups is 1. The normalized spacial score (nSPS) is 14.2. The lowest BCUT2D eigenvalue weighted by atomic mass is 9.99. The number of primary amides is 2. The van der Waals surface area contributed by atoms with Gasteiger partial charge in [-0.25, -0.2) is 0 Å². The van der Waals surface area contributed by atoms with Crippen molar-refractivity contribution in [3.8, 4) is 11.5 Å². The summed E-state index contributed by atoms with van der Waals surface area (Å²) in [4.78, 5) is 121. The minimum atomic E-state index is -1.60. The summed E-state index contributed by atoms with van der Waals surface area (Å²) in [5.41, 5.74) is 28.7. The van der Waals surface area contributed by atoms with Crippen LogP contribution in [0.1, 0.15) is 77.3 Å². The highest BCUT2D eigenvalue weighted by Crippen LogP contribution is 2.15. The highest BCUT2D eigenvalue weighted by molar-refractivity contribution is 5.98. The number of hydrogen-bond donors (Lipinski definition) is 19. The first-order valence-corrected chi connectivity index (χ1v) is 24.5. The fraction of sp³-hybridized carbons (Fsp3) is 0.521. The summed E-state index contributed by atoms with van der Waals surface area (Å²) in [6, 6.07) is 0.138. The summed E-state index contributed by atoms with van der Waals surface area (Å²) >= 11 is 0. The predicted octanol–water partition coefficient (Wildman–Crippen LogP) is -4.81. The summed E-state index contributed by atoms with van der Waals surface area (Å²) in [7, 11) is 0. The van der Waals surface area contributed by atoms with Gasteiger partial charge in [-0.15, -0.1) is 0 Å². The third-order valence-electron chi connectivity index (χ3n) is 11.4. The highest BCUT2D eigenvalue weighted by Gasteiger charge is 2.36. The van der Waals surface area contributed by atoms with Crippen molar-refractivity contribution in [3.05, 3.63) is 59.7 Å². The number of benzene rings is 2. The molecular weight excluding hydrogens is 993 g/mol. The molecule has 0 aliphatic heterocycles. The first kappa shape index (κ1) is 63.8. The molecule has 0 saturated heterocycles. The summed E-state index contributed by atoms with van der Waals surface area (Å²) in [5, 5.41) is 67.1. The van der Waals surface area contributed by atoms with Crippen LogP contribution in [0.3, 0.4) is 0 Å². The lowest BCUT2D eigenvalue weighted by molar-refractivity contribution is -0.136. The average Bonchev–Trinajstić information content (AvgIpc) is 3.33. The second-order valence-corrected chi connectivity index (χ2v) is 18.8. The molecule has 28 nitrogen and oxygen atoms in total. The van der Waals surface area contributed by atoms with Crippen LogP contribution in [0.25, 0.3) is 0 Å². The summed E-state index contributed by atoms with van der Waals surface area (Å²) in [5.74, 6) is -10.1. The number of rotatable bonds is 33. The highest BCUT2D eigenvalue weighted by atomic mass is 16.3. The number of carbonyl (C=O) groups is 9. The molecule has 24 N–H and O–H groups in total. The van der Waals surface area contributed by atoms with Crippen molar-refractivity contribution in [2.24, 2.45) is 40.5 Å². The average molecular weight is 1070 g/mol. The lowest BCUT2D eigenvalue weighted by Gasteiger charge is -2.29. The number of hydrogen-bond acceptors (Lipinski definition) is 15. The Bertz CT molecular complexity index is 2320. The van der Waals surface area contributed by atoms with E-state index in [-0.39, 0.29) is 87.4 Å². The molecule has 9 amide bonds. The molecule has 2 rings (SSSR count). The Morgan fingerprint density at radius 3 is 1.36 bits per heavy atom. The van der Waals surface area contributed by atoms with Gasteiger partial charge >= 0.3 is 0 Å². The van der Waals surface area contributed by atoms with E-state index < -0.39 is 120 Å². The van der Waals surface area contributed by atoms with Crippen molar-refractivity contribution >= 4 is 65.1 Å². The number of amides is 9. The van der Waals surface area contributed by atoms with Crippen molar-refractivity contribution in [1.82, 2.24) is 47.9 Å². The van der Waals surface area contributed by atoms with Gasteiger partial charge in [0, 0.05) is 19.5 Å². The molecule has 2 aromatic rings. The Balaban J connectivity index is 2.50. The molecule has 0 saturated carbocycles. The number of phenolic OH excluding ortho intramolecular Hbond substituents is 2. The minimum Gasteiger partial charge on any atom is -0.508 e. The molecule has 76 heavy (non-hydrogen) atoms. The lowest BCUT2D eigenvalue weighted by Crippen LogP contribution is -2.61. The monoisotopic (exact) mass is 1070 g/mol. The number of carbonyl (C=O) groups excluding carboxylic acids is 9. The number of nitrogens with one attached hydrogen (secondary N) is 11. The third-order valence-corrected chi connectivity index (χ3v) is 11.4. The fourth-order valence-corrected chi connectivity index (χ4v) is 7.39. The van der Waals surface area contributed by atoms with E-state index in [1.165, 1.54) is 36.4 Å². The molecule has 0 aliphatic rings. The Morgan fingerprint density at radius 2 is 0.908 bits per heavy atom. The van der Waals surface area contributed by atoms with Crippen LogP contribution in [-0.4, -0.2) is 148 Å². The van der Waals surface area contributed by atoms with E-state index in [2.05, 4.69) is 47.9 Å². The number of guanidine groups is 2. The maximum atomic E-state index is 14.5. The van der Waals surface area contributed by atoms with Crippen molar-refractivity contribution < 1.29 is 58.5 Å². The van der Waals surface area contributed by atoms with Crippen molar-refractivity contribution in [2.75, 3.05) is 19.7 Å². The van der Waals surface area contributed by atoms with Gasteiger partial charge in [0.1, 0.15) is 53.8 Å². The van der Waals surface area contributed by atoms with Gasteiger partial charge in [0.15, 0.2) is 11.9 Å². The zero-order valence-corrected chi connectivity index (χ0v) is 43.1. The van der Waals surface area contributed by atoms with Crippen molar-refractivity contribution in [1.29, 1.82) is 10.8 Å². The van der Waals surface area contributed by atoms with Crippen LogP contribution in [0.4, 0.5) is 0 Å². The SMILES string of the molecule is CC(C)C[C@H](NC(=O)[C@H](CC(N)=O)NC(=O)[C@@H](N)Cc1ccc(O)cc1)C(=O)N[C@@H](Cc1ccc(O)cc1)C(=O)N[C@@H](CCCNC(=N)N)C(=O)N[C@H](C(=O)N[C@@H](CCCNC(=N)N)C(=O)N[C@@H](CO)C(N)=O)C(C)C. The first-order valence-electron chi connectivity index (χ1n) is 24.5. The number of phenols is 2. The third kappa shape index (κ3) is 23.7. The molecule has 8 atom stereocenters. The van der Waals surface area contributed by atoms with E-state index in [9.17, 15) is 58.5 Å². The molecule has 28 heteroatoms. The topological polar surface area (TPSA) is 500 Å². The molecule has 0 aliphatic carbocycles. The van der Waals surface area contributed by atoms with Gasteiger partial charge in [-0.3, -0.25) is 54.0 Å². The molecule has 0 aromatic heterocycles. The maximum absolute atomic E-state index is 14.5. The van der Waals surface area contributed by atoms with Gasteiger partial charge in [-0.05, 0) is 85.8 Å². The second kappa shape index (κ2) is 32.1. The Hall–Kier alpha value is -8.27. The van der Waals surface area contributed by atoms with E-state index in [4.69, 9.17) is 39.5 Å². The van der Waals surface area contributed by atoms with E-state index in [1.807, 2.05) is 0 Å². The molecule has 420 valence electrons. The van der Waals surface area contributed by atoms with E-state index in [1.54, 1.807) is 39.8 Å². The van der Waals surface area contributed by atoms with Crippen molar-refractivity contribution in [3.63, 3.8) is 0 Å². The van der Waals surface area contributed by atoms with Gasteiger partial charge in [0.05, 0.1) is 19.1 Å². The first-order chi connectivity index (χ1) is 35.7. The van der Waals surface area contributed by atoms with E-state index in [0.717, 1.165) is 0 Å². The predicted molar refractivity (Wildman–Crippen MR) is 278 cm³/mol. The Kier molecular flexibility index (Phi) is 27.0. The molecule has 2 aromatic carbocycles. The van der Waals surface area contributed by atoms with Crippen LogP contribution in [0.5, 0.6) is 11.5 Å². The van der Waals surface area contributed by atoms with Gasteiger partial charge < -0.3 is 91.8 Å². The standard InChI is InChI=1S/C48H76N16O12/c1-24(2)19-33(61-45(75)35(22-37(50)68)60-40(70)30(49)20-26-9-13-28(66)14-10-26)43(73)62-34(21-27-11-15-29(67)16-12-27)44(74)58-32(8-6-18-57-48(54)55)42(72)64-38(25(3)4)46(76)59-31(7-5-17-56-47(52)53)41(71)63-36(23-65)39(51)69/h9-16,24-25,30-36,38,65-67H,5-8,17-23,49H2,1-4H3,(H2,50,68)(H2,51,69)(H,58,74)(H,59,76)(H,60,70)(H,61,75)(H,62,73)(H,63,71)(H,64,72)(H4,52,53,56)(H4,54,55,57)/t30-,31-,32-,33-,34-,35-,36-,38-/m0/s1. The Morgan fingerprint density at radius 1 is 0.513 bits per heavy atom. The fourth-order valence-electron chi connectivity index (χ4n) is 7.39. The number of aliphatic hydroxyl groups excluding tert-OH is 1. The largest absolute Gasteiger partial charge is 0.508 e. The minimum absolute atomic E-state index is 0.0112. The summed E-state index contributed by atoms with van der Waals surface area (Å²) in [6.07, 6.45) is -0.897. The van der Waals surface area contributed by atoms with E-state index >= 15 is 0 Å². The maximum Gasteiger partial charge on any atom is 0.243 e. The summed E-state index contributed by atoms with van der Waals surface area (Å²) in [6.45, 7) is 5.98. The van der Waals surface area contributed by atoms with Crippen LogP contribution < -0.4 is 76.5 Å².